The molecule has 0 fully saturated rings. The number of nitrogens with one attached hydrogen (secondary N) is 1. The fraction of sp³-hybridized carbons (Fsp3) is 0.286. The zero-order chi connectivity index (χ0) is 13.8. The van der Waals surface area contributed by atoms with Gasteiger partial charge < -0.3 is 5.32 Å². The smallest absolute Gasteiger partial charge is 0.127 e. The van der Waals surface area contributed by atoms with E-state index >= 15 is 0 Å². The maximum absolute atomic E-state index is 13.9. The summed E-state index contributed by atoms with van der Waals surface area (Å²) in [6, 6.07) is 7.59. The van der Waals surface area contributed by atoms with Gasteiger partial charge in [-0.25, -0.2) is 4.39 Å². The summed E-state index contributed by atoms with van der Waals surface area (Å²) in [4.78, 5) is 0. The molecule has 1 nitrogen and oxygen atoms in total. The molecule has 2 rings (SSSR count). The van der Waals surface area contributed by atoms with E-state index in [9.17, 15) is 4.39 Å². The number of hydrogen-bond donors (Lipinski definition) is 1. The Hall–Kier alpha value is 0.0200. The summed E-state index contributed by atoms with van der Waals surface area (Å²) < 4.78 is 15.9. The molecular weight excluding hydrogens is 440 g/mol. The topological polar surface area (TPSA) is 12.0 Å². The molecule has 1 unspecified atom stereocenters. The van der Waals surface area contributed by atoms with Crippen molar-refractivity contribution in [1.82, 2.24) is 5.32 Å². The lowest BCUT2D eigenvalue weighted by atomic mass is 10.0. The van der Waals surface area contributed by atoms with Crippen molar-refractivity contribution in [2.45, 2.75) is 19.4 Å². The van der Waals surface area contributed by atoms with Crippen LogP contribution in [0.15, 0.2) is 34.1 Å². The summed E-state index contributed by atoms with van der Waals surface area (Å²) in [5.74, 6) is -0.151. The summed E-state index contributed by atoms with van der Waals surface area (Å²) in [5.41, 5.74) is 1.98. The third kappa shape index (κ3) is 4.24. The second kappa shape index (κ2) is 7.15. The van der Waals surface area contributed by atoms with Gasteiger partial charge in [0, 0.05) is 10.5 Å². The number of hydrogen-bond acceptors (Lipinski definition) is 2. The molecule has 0 aliphatic rings. The highest BCUT2D eigenvalue weighted by molar-refractivity contribution is 14.1. The van der Waals surface area contributed by atoms with Crippen LogP contribution in [0.4, 0.5) is 4.39 Å². The molecule has 1 aromatic heterocycles. The minimum atomic E-state index is -0.151. The van der Waals surface area contributed by atoms with E-state index in [-0.39, 0.29) is 11.9 Å². The Bertz CT molecular complexity index is 558. The largest absolute Gasteiger partial charge is 0.310 e. The van der Waals surface area contributed by atoms with Crippen LogP contribution in [0.1, 0.15) is 24.1 Å². The van der Waals surface area contributed by atoms with Crippen molar-refractivity contribution < 1.29 is 4.39 Å². The molecule has 1 heterocycles. The average Bonchev–Trinajstić information content (AvgIpc) is 2.78. The van der Waals surface area contributed by atoms with Crippen LogP contribution < -0.4 is 5.32 Å². The first-order valence-corrected chi connectivity index (χ1v) is 8.76. The quantitative estimate of drug-likeness (QED) is 0.617. The van der Waals surface area contributed by atoms with Gasteiger partial charge in [-0.1, -0.05) is 28.9 Å². The minimum absolute atomic E-state index is 0.151. The van der Waals surface area contributed by atoms with Crippen molar-refractivity contribution in [2.75, 3.05) is 6.54 Å². The number of rotatable bonds is 5. The lowest BCUT2D eigenvalue weighted by Gasteiger charge is -2.17. The molecule has 19 heavy (non-hydrogen) atoms. The van der Waals surface area contributed by atoms with Gasteiger partial charge in [-0.15, -0.1) is 11.3 Å². The van der Waals surface area contributed by atoms with Crippen LogP contribution >= 0.6 is 49.9 Å². The zero-order valence-electron chi connectivity index (χ0n) is 10.4. The van der Waals surface area contributed by atoms with E-state index in [0.717, 1.165) is 16.6 Å². The Labute approximate surface area is 138 Å². The van der Waals surface area contributed by atoms with Gasteiger partial charge in [-0.3, -0.25) is 0 Å². The Morgan fingerprint density at radius 1 is 1.42 bits per heavy atom. The predicted octanol–water partition coefficient (Wildman–Crippen LogP) is 5.15. The second-order valence-corrected chi connectivity index (χ2v) is 7.96. The summed E-state index contributed by atoms with van der Waals surface area (Å²) in [6.45, 7) is 2.94. The van der Waals surface area contributed by atoms with E-state index in [2.05, 4.69) is 62.2 Å². The first-order valence-electron chi connectivity index (χ1n) is 6.01. The summed E-state index contributed by atoms with van der Waals surface area (Å²) >= 11 is 7.32. The number of benzene rings is 1. The molecule has 0 saturated heterocycles. The van der Waals surface area contributed by atoms with Gasteiger partial charge >= 0.3 is 0 Å². The van der Waals surface area contributed by atoms with Gasteiger partial charge in [-0.2, -0.15) is 0 Å². The Balaban J connectivity index is 2.21. The van der Waals surface area contributed by atoms with Gasteiger partial charge in [0.2, 0.25) is 0 Å². The van der Waals surface area contributed by atoms with Gasteiger partial charge in [0.05, 0.1) is 2.88 Å². The normalized spacial score (nSPS) is 12.6. The maximum Gasteiger partial charge on any atom is 0.127 e. The van der Waals surface area contributed by atoms with Crippen LogP contribution in [0.3, 0.4) is 0 Å². The number of halogens is 3. The highest BCUT2D eigenvalue weighted by Gasteiger charge is 2.15. The van der Waals surface area contributed by atoms with Crippen LogP contribution in [-0.2, 0) is 6.42 Å². The lowest BCUT2D eigenvalue weighted by Crippen LogP contribution is -2.22. The van der Waals surface area contributed by atoms with Crippen molar-refractivity contribution in [1.29, 1.82) is 0 Å². The molecule has 0 aliphatic heterocycles. The number of likely N-dealkylation sites (N-methyl/N-ethyl adjacent to an activating group) is 1. The fourth-order valence-corrected chi connectivity index (χ4v) is 3.73. The minimum Gasteiger partial charge on any atom is -0.310 e. The first-order chi connectivity index (χ1) is 9.10. The van der Waals surface area contributed by atoms with Gasteiger partial charge in [0.15, 0.2) is 0 Å². The Kier molecular flexibility index (Phi) is 5.80. The predicted molar refractivity (Wildman–Crippen MR) is 91.3 cm³/mol. The van der Waals surface area contributed by atoms with E-state index in [4.69, 9.17) is 0 Å². The molecule has 1 aromatic carbocycles. The van der Waals surface area contributed by atoms with Crippen LogP contribution in [-0.4, -0.2) is 6.54 Å². The van der Waals surface area contributed by atoms with Crippen LogP contribution in [0.5, 0.6) is 0 Å². The standard InChI is InChI=1S/C14H14BrFINS/c1-2-18-13(10-6-14(17)19-8-10)5-9-3-4-11(15)7-12(9)16/h3-4,6-8,13,18H,2,5H2,1H3. The maximum atomic E-state index is 13.9. The zero-order valence-corrected chi connectivity index (χ0v) is 15.0. The van der Waals surface area contributed by atoms with Gasteiger partial charge in [0.1, 0.15) is 5.82 Å². The van der Waals surface area contributed by atoms with Crippen LogP contribution in [0.25, 0.3) is 0 Å². The van der Waals surface area contributed by atoms with Crippen molar-refractivity contribution >= 4 is 49.9 Å². The third-order valence-electron chi connectivity index (χ3n) is 2.88. The molecule has 1 N–H and O–H groups in total. The van der Waals surface area contributed by atoms with E-state index in [1.807, 2.05) is 12.1 Å². The summed E-state index contributed by atoms with van der Waals surface area (Å²) in [7, 11) is 0. The highest BCUT2D eigenvalue weighted by atomic mass is 127. The van der Waals surface area contributed by atoms with E-state index in [0.29, 0.717) is 6.42 Å². The van der Waals surface area contributed by atoms with E-state index in [1.54, 1.807) is 11.3 Å². The molecule has 1 atom stereocenters. The fourth-order valence-electron chi connectivity index (χ4n) is 1.97. The molecule has 102 valence electrons. The van der Waals surface area contributed by atoms with Crippen LogP contribution in [0.2, 0.25) is 0 Å². The summed E-state index contributed by atoms with van der Waals surface area (Å²) in [6.07, 6.45) is 0.666. The Morgan fingerprint density at radius 3 is 2.79 bits per heavy atom. The third-order valence-corrected chi connectivity index (χ3v) is 5.18. The molecule has 5 heteroatoms. The first kappa shape index (κ1) is 15.4. The van der Waals surface area contributed by atoms with Crippen molar-refractivity contribution in [3.05, 3.63) is 53.9 Å². The summed E-state index contributed by atoms with van der Waals surface area (Å²) in [5, 5.41) is 5.57. The second-order valence-electron chi connectivity index (χ2n) is 4.23. The SMILES string of the molecule is CCNC(Cc1ccc(Br)cc1F)c1csc(I)c1. The molecule has 2 aromatic rings. The van der Waals surface area contributed by atoms with Gasteiger partial charge in [0.25, 0.3) is 0 Å². The van der Waals surface area contributed by atoms with Crippen molar-refractivity contribution in [2.24, 2.45) is 0 Å². The molecule has 0 aliphatic carbocycles. The number of thiophene rings is 1. The highest BCUT2D eigenvalue weighted by Crippen LogP contribution is 2.26. The molecule has 0 spiro atoms. The molecule has 0 radical (unpaired) electrons. The van der Waals surface area contributed by atoms with Crippen molar-refractivity contribution in [3.8, 4) is 0 Å². The molecule has 0 bridgehead atoms. The molecule has 0 amide bonds. The lowest BCUT2D eigenvalue weighted by molar-refractivity contribution is 0.529. The van der Waals surface area contributed by atoms with Crippen molar-refractivity contribution in [3.63, 3.8) is 0 Å². The monoisotopic (exact) mass is 453 g/mol. The Morgan fingerprint density at radius 2 is 2.21 bits per heavy atom. The van der Waals surface area contributed by atoms with E-state index < -0.39 is 0 Å². The van der Waals surface area contributed by atoms with Crippen LogP contribution in [0, 0.1) is 8.70 Å². The molecular formula is C14H14BrFINS. The van der Waals surface area contributed by atoms with E-state index in [1.165, 1.54) is 14.5 Å². The molecule has 0 saturated carbocycles. The van der Waals surface area contributed by atoms with Gasteiger partial charge in [-0.05, 0) is 70.3 Å². The average molecular weight is 454 g/mol.